The normalized spacial score (nSPS) is 11.7. The molecular formula is C16H12Cl3NO. The minimum Gasteiger partial charge on any atom is -0.494 e. The molecule has 108 valence electrons. The standard InChI is InChI=1S/C16H12Cl3NO/c17-12-1-4-14(5-2-12)21-8-7-11(10-20)15-6-3-13(18)9-16(15)19/h1-6,9,11H,7-8H2/t11-/m0/s1. The fourth-order valence-corrected chi connectivity index (χ4v) is 2.57. The predicted octanol–water partition coefficient (Wildman–Crippen LogP) is 5.72. The van der Waals surface area contributed by atoms with E-state index in [1.165, 1.54) is 0 Å². The second-order valence-corrected chi connectivity index (χ2v) is 5.72. The summed E-state index contributed by atoms with van der Waals surface area (Å²) in [4.78, 5) is 0. The van der Waals surface area contributed by atoms with Crippen LogP contribution in [0.2, 0.25) is 15.1 Å². The summed E-state index contributed by atoms with van der Waals surface area (Å²) in [5, 5.41) is 11.0. The first-order chi connectivity index (χ1) is 10.1. The number of halogens is 3. The molecule has 2 rings (SSSR count). The van der Waals surface area contributed by atoms with Gasteiger partial charge in [-0.3, -0.25) is 0 Å². The molecule has 0 aliphatic heterocycles. The van der Waals surface area contributed by atoms with E-state index in [1.807, 2.05) is 0 Å². The molecule has 2 aromatic carbocycles. The van der Waals surface area contributed by atoms with Gasteiger partial charge in [0, 0.05) is 21.5 Å². The van der Waals surface area contributed by atoms with E-state index in [9.17, 15) is 5.26 Å². The van der Waals surface area contributed by atoms with Crippen molar-refractivity contribution in [1.82, 2.24) is 0 Å². The maximum absolute atomic E-state index is 9.29. The minimum absolute atomic E-state index is 0.331. The van der Waals surface area contributed by atoms with E-state index >= 15 is 0 Å². The molecule has 0 heterocycles. The number of benzene rings is 2. The van der Waals surface area contributed by atoms with Gasteiger partial charge in [0.2, 0.25) is 0 Å². The van der Waals surface area contributed by atoms with Crippen molar-refractivity contribution in [3.8, 4) is 11.8 Å². The first-order valence-corrected chi connectivity index (χ1v) is 7.46. The molecule has 0 bridgehead atoms. The average Bonchev–Trinajstić information content (AvgIpc) is 2.46. The van der Waals surface area contributed by atoms with Crippen LogP contribution in [0.5, 0.6) is 5.75 Å². The van der Waals surface area contributed by atoms with Gasteiger partial charge in [-0.2, -0.15) is 5.26 Å². The zero-order valence-electron chi connectivity index (χ0n) is 11.0. The molecule has 0 spiro atoms. The summed E-state index contributed by atoms with van der Waals surface area (Å²) in [6.45, 7) is 0.415. The lowest BCUT2D eigenvalue weighted by atomic mass is 9.97. The zero-order chi connectivity index (χ0) is 15.2. The zero-order valence-corrected chi connectivity index (χ0v) is 13.3. The molecule has 2 aromatic rings. The highest BCUT2D eigenvalue weighted by Crippen LogP contribution is 2.29. The number of rotatable bonds is 5. The average molecular weight is 341 g/mol. The highest BCUT2D eigenvalue weighted by Gasteiger charge is 2.14. The third kappa shape index (κ3) is 4.54. The summed E-state index contributed by atoms with van der Waals surface area (Å²) >= 11 is 17.8. The lowest BCUT2D eigenvalue weighted by Gasteiger charge is -2.12. The van der Waals surface area contributed by atoms with Crippen LogP contribution in [0.3, 0.4) is 0 Å². The van der Waals surface area contributed by atoms with Crippen LogP contribution in [-0.2, 0) is 0 Å². The highest BCUT2D eigenvalue weighted by molar-refractivity contribution is 6.35. The van der Waals surface area contributed by atoms with Crippen molar-refractivity contribution >= 4 is 34.8 Å². The van der Waals surface area contributed by atoms with Crippen molar-refractivity contribution in [2.24, 2.45) is 0 Å². The van der Waals surface area contributed by atoms with Crippen LogP contribution in [-0.4, -0.2) is 6.61 Å². The van der Waals surface area contributed by atoms with Crippen molar-refractivity contribution in [2.75, 3.05) is 6.61 Å². The summed E-state index contributed by atoms with van der Waals surface area (Å²) < 4.78 is 5.60. The van der Waals surface area contributed by atoms with Gasteiger partial charge in [-0.25, -0.2) is 0 Å². The van der Waals surface area contributed by atoms with E-state index in [-0.39, 0.29) is 5.92 Å². The van der Waals surface area contributed by atoms with Gasteiger partial charge in [-0.05, 0) is 42.0 Å². The lowest BCUT2D eigenvalue weighted by Crippen LogP contribution is -2.05. The molecule has 0 fully saturated rings. The maximum atomic E-state index is 9.29. The Kier molecular flexibility index (Phi) is 5.76. The Morgan fingerprint density at radius 2 is 1.67 bits per heavy atom. The lowest BCUT2D eigenvalue weighted by molar-refractivity contribution is 0.306. The molecule has 0 aliphatic rings. The summed E-state index contributed by atoms with van der Waals surface area (Å²) in [7, 11) is 0. The van der Waals surface area contributed by atoms with E-state index < -0.39 is 0 Å². The molecule has 0 unspecified atom stereocenters. The SMILES string of the molecule is N#C[C@H](CCOc1ccc(Cl)cc1)c1ccc(Cl)cc1Cl. The quantitative estimate of drug-likeness (QED) is 0.697. The van der Waals surface area contributed by atoms with Crippen LogP contribution in [0.1, 0.15) is 17.9 Å². The van der Waals surface area contributed by atoms with Crippen LogP contribution in [0.15, 0.2) is 42.5 Å². The van der Waals surface area contributed by atoms with E-state index in [2.05, 4.69) is 6.07 Å². The van der Waals surface area contributed by atoms with Crippen LogP contribution >= 0.6 is 34.8 Å². The van der Waals surface area contributed by atoms with Gasteiger partial charge in [-0.1, -0.05) is 40.9 Å². The Bertz CT molecular complexity index is 650. The Morgan fingerprint density at radius 3 is 2.29 bits per heavy atom. The fraction of sp³-hybridized carbons (Fsp3) is 0.188. The third-order valence-corrected chi connectivity index (χ3v) is 3.80. The first kappa shape index (κ1) is 16.0. The molecule has 5 heteroatoms. The second kappa shape index (κ2) is 7.56. The smallest absolute Gasteiger partial charge is 0.119 e. The molecule has 0 aliphatic carbocycles. The van der Waals surface area contributed by atoms with Crippen LogP contribution in [0, 0.1) is 11.3 Å². The number of hydrogen-bond acceptors (Lipinski definition) is 2. The predicted molar refractivity (Wildman–Crippen MR) is 86.4 cm³/mol. The summed E-state index contributed by atoms with van der Waals surface area (Å²) in [5.41, 5.74) is 0.767. The van der Waals surface area contributed by atoms with Gasteiger partial charge in [0.05, 0.1) is 18.6 Å². The second-order valence-electron chi connectivity index (χ2n) is 4.44. The topological polar surface area (TPSA) is 33.0 Å². The molecule has 0 saturated carbocycles. The Hall–Kier alpha value is -1.40. The van der Waals surface area contributed by atoms with E-state index in [0.717, 1.165) is 11.3 Å². The molecule has 0 radical (unpaired) electrons. The van der Waals surface area contributed by atoms with Gasteiger partial charge < -0.3 is 4.74 Å². The first-order valence-electron chi connectivity index (χ1n) is 6.33. The largest absolute Gasteiger partial charge is 0.494 e. The van der Waals surface area contributed by atoms with Crippen molar-refractivity contribution in [3.63, 3.8) is 0 Å². The number of nitriles is 1. The third-order valence-electron chi connectivity index (χ3n) is 2.98. The number of nitrogens with zero attached hydrogens (tertiary/aromatic N) is 1. The van der Waals surface area contributed by atoms with Gasteiger partial charge in [0.25, 0.3) is 0 Å². The summed E-state index contributed by atoms with van der Waals surface area (Å²) in [5.74, 6) is 0.389. The van der Waals surface area contributed by atoms with Crippen LogP contribution in [0.25, 0.3) is 0 Å². The van der Waals surface area contributed by atoms with E-state index in [0.29, 0.717) is 28.1 Å². The van der Waals surface area contributed by atoms with Crippen LogP contribution in [0.4, 0.5) is 0 Å². The molecule has 0 amide bonds. The molecule has 0 N–H and O–H groups in total. The molecule has 1 atom stereocenters. The number of ether oxygens (including phenoxy) is 1. The molecule has 0 saturated heterocycles. The summed E-state index contributed by atoms with van der Waals surface area (Å²) in [6.07, 6.45) is 0.542. The monoisotopic (exact) mass is 339 g/mol. The molecule has 0 aromatic heterocycles. The molecule has 2 nitrogen and oxygen atoms in total. The summed E-state index contributed by atoms with van der Waals surface area (Å²) in [6, 6.07) is 14.5. The van der Waals surface area contributed by atoms with Gasteiger partial charge in [0.15, 0.2) is 0 Å². The van der Waals surface area contributed by atoms with E-state index in [1.54, 1.807) is 42.5 Å². The van der Waals surface area contributed by atoms with Crippen molar-refractivity contribution in [3.05, 3.63) is 63.1 Å². The molecular weight excluding hydrogens is 329 g/mol. The Morgan fingerprint density at radius 1 is 1.00 bits per heavy atom. The van der Waals surface area contributed by atoms with Crippen molar-refractivity contribution in [2.45, 2.75) is 12.3 Å². The molecule has 21 heavy (non-hydrogen) atoms. The van der Waals surface area contributed by atoms with Crippen LogP contribution < -0.4 is 4.74 Å². The van der Waals surface area contributed by atoms with Gasteiger partial charge >= 0.3 is 0 Å². The fourth-order valence-electron chi connectivity index (χ4n) is 1.90. The number of hydrogen-bond donors (Lipinski definition) is 0. The van der Waals surface area contributed by atoms with Gasteiger partial charge in [-0.15, -0.1) is 0 Å². The Balaban J connectivity index is 1.97. The van der Waals surface area contributed by atoms with Gasteiger partial charge in [0.1, 0.15) is 5.75 Å². The Labute approximate surface area is 138 Å². The highest BCUT2D eigenvalue weighted by atomic mass is 35.5. The minimum atomic E-state index is -0.331. The van der Waals surface area contributed by atoms with E-state index in [4.69, 9.17) is 39.5 Å². The maximum Gasteiger partial charge on any atom is 0.119 e. The van der Waals surface area contributed by atoms with Crippen molar-refractivity contribution < 1.29 is 4.74 Å². The van der Waals surface area contributed by atoms with Crippen molar-refractivity contribution in [1.29, 1.82) is 5.26 Å².